The number of nitrogens with zero attached hydrogens (tertiary/aromatic N) is 3. The fourth-order valence-corrected chi connectivity index (χ4v) is 2.90. The second kappa shape index (κ2) is 6.33. The Hall–Kier alpha value is -1.46. The first-order valence-corrected chi connectivity index (χ1v) is 7.74. The Kier molecular flexibility index (Phi) is 4.73. The van der Waals surface area contributed by atoms with Crippen LogP contribution in [0.25, 0.3) is 0 Å². The number of hydrogen-bond donors (Lipinski definition) is 1. The molecule has 0 saturated carbocycles. The van der Waals surface area contributed by atoms with Gasteiger partial charge in [-0.25, -0.2) is 9.97 Å². The molecule has 1 atom stereocenters. The third-order valence-corrected chi connectivity index (χ3v) is 4.53. The summed E-state index contributed by atoms with van der Waals surface area (Å²) in [6, 6.07) is 4.51. The molecule has 0 aliphatic carbocycles. The summed E-state index contributed by atoms with van der Waals surface area (Å²) in [5.74, 6) is 1.17. The van der Waals surface area contributed by atoms with Crippen molar-refractivity contribution in [3.63, 3.8) is 0 Å². The lowest BCUT2D eigenvalue weighted by atomic mass is 10.2. The van der Waals surface area contributed by atoms with Gasteiger partial charge in [-0.1, -0.05) is 19.9 Å². The maximum atomic E-state index is 5.86. The molecule has 2 aromatic rings. The SMILES string of the molecule is CC(C)c1ncc(N(C)C(C)c2cccs2)c(CN)n1. The van der Waals surface area contributed by atoms with Crippen molar-refractivity contribution < 1.29 is 0 Å². The van der Waals surface area contributed by atoms with E-state index in [0.717, 1.165) is 17.2 Å². The lowest BCUT2D eigenvalue weighted by Crippen LogP contribution is -2.24. The standard InChI is InChI=1S/C15H22N4S/c1-10(2)15-17-9-13(12(8-16)18-15)19(4)11(3)14-6-5-7-20-14/h5-7,9-11H,8,16H2,1-4H3. The lowest BCUT2D eigenvalue weighted by molar-refractivity contribution is 0.717. The average molecular weight is 290 g/mol. The Morgan fingerprint density at radius 2 is 2.10 bits per heavy atom. The molecule has 108 valence electrons. The van der Waals surface area contributed by atoms with Crippen LogP contribution in [0, 0.1) is 0 Å². The second-order valence-electron chi connectivity index (χ2n) is 5.22. The molecule has 0 aliphatic heterocycles. The predicted octanol–water partition coefficient (Wildman–Crippen LogP) is 3.32. The predicted molar refractivity (Wildman–Crippen MR) is 85.1 cm³/mol. The van der Waals surface area contributed by atoms with Crippen LogP contribution in [-0.4, -0.2) is 17.0 Å². The molecule has 0 fully saturated rings. The largest absolute Gasteiger partial charge is 0.364 e. The summed E-state index contributed by atoms with van der Waals surface area (Å²) >= 11 is 1.76. The van der Waals surface area contributed by atoms with E-state index in [4.69, 9.17) is 5.73 Å². The molecule has 2 aromatic heterocycles. The zero-order chi connectivity index (χ0) is 14.7. The maximum Gasteiger partial charge on any atom is 0.131 e. The van der Waals surface area contributed by atoms with E-state index in [1.807, 2.05) is 6.20 Å². The molecule has 0 aliphatic rings. The molecule has 1 unspecified atom stereocenters. The van der Waals surface area contributed by atoms with Crippen LogP contribution in [0.3, 0.4) is 0 Å². The number of aromatic nitrogens is 2. The van der Waals surface area contributed by atoms with E-state index in [-0.39, 0.29) is 6.04 Å². The quantitative estimate of drug-likeness (QED) is 0.918. The van der Waals surface area contributed by atoms with Crippen LogP contribution in [0.4, 0.5) is 5.69 Å². The smallest absolute Gasteiger partial charge is 0.131 e. The molecule has 5 heteroatoms. The molecule has 20 heavy (non-hydrogen) atoms. The van der Waals surface area contributed by atoms with Crippen LogP contribution in [0.5, 0.6) is 0 Å². The van der Waals surface area contributed by atoms with Gasteiger partial charge in [-0.05, 0) is 18.4 Å². The van der Waals surface area contributed by atoms with Gasteiger partial charge < -0.3 is 10.6 Å². The lowest BCUT2D eigenvalue weighted by Gasteiger charge is -2.27. The maximum absolute atomic E-state index is 5.86. The number of rotatable bonds is 5. The number of thiophene rings is 1. The number of hydrogen-bond acceptors (Lipinski definition) is 5. The minimum atomic E-state index is 0.286. The molecular weight excluding hydrogens is 268 g/mol. The van der Waals surface area contributed by atoms with Gasteiger partial charge in [0.2, 0.25) is 0 Å². The Labute approximate surface area is 124 Å². The zero-order valence-electron chi connectivity index (χ0n) is 12.5. The first-order chi connectivity index (χ1) is 9.54. The average Bonchev–Trinajstić information content (AvgIpc) is 2.99. The third-order valence-electron chi connectivity index (χ3n) is 3.49. The summed E-state index contributed by atoms with van der Waals surface area (Å²) in [5.41, 5.74) is 7.79. The van der Waals surface area contributed by atoms with E-state index in [9.17, 15) is 0 Å². The molecule has 0 bridgehead atoms. The van der Waals surface area contributed by atoms with Crippen molar-refractivity contribution in [3.05, 3.63) is 40.1 Å². The highest BCUT2D eigenvalue weighted by Gasteiger charge is 2.18. The van der Waals surface area contributed by atoms with E-state index in [2.05, 4.69) is 60.2 Å². The number of nitrogens with two attached hydrogens (primary N) is 1. The fraction of sp³-hybridized carbons (Fsp3) is 0.467. The molecule has 2 N–H and O–H groups in total. The van der Waals surface area contributed by atoms with Crippen molar-refractivity contribution >= 4 is 17.0 Å². The number of anilines is 1. The third kappa shape index (κ3) is 2.99. The van der Waals surface area contributed by atoms with Gasteiger partial charge in [-0.15, -0.1) is 11.3 Å². The van der Waals surface area contributed by atoms with E-state index >= 15 is 0 Å². The Balaban J connectivity index is 2.32. The van der Waals surface area contributed by atoms with Crippen molar-refractivity contribution in [1.29, 1.82) is 0 Å². The van der Waals surface area contributed by atoms with Crippen molar-refractivity contribution in [2.45, 2.75) is 39.3 Å². The van der Waals surface area contributed by atoms with Crippen LogP contribution in [-0.2, 0) is 6.54 Å². The van der Waals surface area contributed by atoms with Crippen LogP contribution in [0.15, 0.2) is 23.7 Å². The first-order valence-electron chi connectivity index (χ1n) is 6.86. The molecule has 0 radical (unpaired) electrons. The Morgan fingerprint density at radius 3 is 2.65 bits per heavy atom. The van der Waals surface area contributed by atoms with Gasteiger partial charge in [0.1, 0.15) is 5.82 Å². The molecule has 4 nitrogen and oxygen atoms in total. The molecule has 0 aromatic carbocycles. The summed E-state index contributed by atoms with van der Waals surface area (Å²) < 4.78 is 0. The van der Waals surface area contributed by atoms with Crippen molar-refractivity contribution in [2.24, 2.45) is 5.73 Å². The van der Waals surface area contributed by atoms with Gasteiger partial charge >= 0.3 is 0 Å². The van der Waals surface area contributed by atoms with E-state index < -0.39 is 0 Å². The zero-order valence-corrected chi connectivity index (χ0v) is 13.3. The van der Waals surface area contributed by atoms with Crippen LogP contribution < -0.4 is 10.6 Å². The topological polar surface area (TPSA) is 55.0 Å². The monoisotopic (exact) mass is 290 g/mol. The summed E-state index contributed by atoms with van der Waals surface area (Å²) in [4.78, 5) is 12.6. The minimum absolute atomic E-state index is 0.286. The second-order valence-corrected chi connectivity index (χ2v) is 6.20. The first kappa shape index (κ1) is 14.9. The van der Waals surface area contributed by atoms with E-state index in [1.165, 1.54) is 4.88 Å². The molecule has 2 rings (SSSR count). The van der Waals surface area contributed by atoms with Gasteiger partial charge in [0.05, 0.1) is 23.6 Å². The van der Waals surface area contributed by atoms with Gasteiger partial charge in [0.25, 0.3) is 0 Å². The van der Waals surface area contributed by atoms with Crippen molar-refractivity contribution in [3.8, 4) is 0 Å². The summed E-state index contributed by atoms with van der Waals surface area (Å²) in [6.45, 7) is 6.79. The van der Waals surface area contributed by atoms with Gasteiger partial charge in [0.15, 0.2) is 0 Å². The Bertz CT molecular complexity index is 551. The summed E-state index contributed by atoms with van der Waals surface area (Å²) in [6.07, 6.45) is 1.90. The van der Waals surface area contributed by atoms with Gasteiger partial charge in [-0.2, -0.15) is 0 Å². The molecule has 0 amide bonds. The van der Waals surface area contributed by atoms with Crippen LogP contribution in [0.2, 0.25) is 0 Å². The van der Waals surface area contributed by atoms with E-state index in [1.54, 1.807) is 11.3 Å². The fourth-order valence-electron chi connectivity index (χ4n) is 2.08. The van der Waals surface area contributed by atoms with Gasteiger partial charge in [0, 0.05) is 24.4 Å². The normalized spacial score (nSPS) is 12.7. The highest BCUT2D eigenvalue weighted by Crippen LogP contribution is 2.29. The molecular formula is C15H22N4S. The molecule has 0 spiro atoms. The van der Waals surface area contributed by atoms with Crippen LogP contribution >= 0.6 is 11.3 Å². The van der Waals surface area contributed by atoms with E-state index in [0.29, 0.717) is 12.5 Å². The molecule has 0 saturated heterocycles. The minimum Gasteiger partial charge on any atom is -0.364 e. The van der Waals surface area contributed by atoms with Crippen LogP contribution in [0.1, 0.15) is 49.1 Å². The summed E-state index contributed by atoms with van der Waals surface area (Å²) in [5, 5.41) is 2.10. The van der Waals surface area contributed by atoms with Gasteiger partial charge in [-0.3, -0.25) is 0 Å². The van der Waals surface area contributed by atoms with Crippen molar-refractivity contribution in [2.75, 3.05) is 11.9 Å². The Morgan fingerprint density at radius 1 is 1.35 bits per heavy atom. The highest BCUT2D eigenvalue weighted by molar-refractivity contribution is 7.10. The molecule has 2 heterocycles. The van der Waals surface area contributed by atoms with Crippen molar-refractivity contribution in [1.82, 2.24) is 9.97 Å². The highest BCUT2D eigenvalue weighted by atomic mass is 32.1. The summed E-state index contributed by atoms with van der Waals surface area (Å²) in [7, 11) is 2.07.